The Labute approximate surface area is 59.9 Å². The second kappa shape index (κ2) is 2.18. The molecule has 0 saturated carbocycles. The van der Waals surface area contributed by atoms with E-state index in [1.165, 1.54) is 5.56 Å². The maximum Gasteiger partial charge on any atom is 0.130 e. The van der Waals surface area contributed by atoms with Crippen molar-refractivity contribution in [2.75, 3.05) is 0 Å². The Morgan fingerprint density at radius 3 is 3.40 bits per heavy atom. The molecule has 0 aliphatic carbocycles. The molecular formula is C9H6O. The molecule has 48 valence electrons. The SMILES string of the molecule is [C]1=COc2c[c]ccc2C1. The van der Waals surface area contributed by atoms with Crippen LogP contribution in [0, 0.1) is 12.1 Å². The van der Waals surface area contributed by atoms with Crippen LogP contribution in [-0.2, 0) is 6.42 Å². The highest BCUT2D eigenvalue weighted by Crippen LogP contribution is 2.21. The lowest BCUT2D eigenvalue weighted by Crippen LogP contribution is -1.95. The highest BCUT2D eigenvalue weighted by molar-refractivity contribution is 5.35. The van der Waals surface area contributed by atoms with Crippen LogP contribution < -0.4 is 4.74 Å². The zero-order chi connectivity index (χ0) is 6.81. The Morgan fingerprint density at radius 1 is 1.50 bits per heavy atom. The molecule has 0 aromatic heterocycles. The van der Waals surface area contributed by atoms with Gasteiger partial charge in [-0.15, -0.1) is 0 Å². The lowest BCUT2D eigenvalue weighted by molar-refractivity contribution is 0.461. The van der Waals surface area contributed by atoms with Crippen molar-refractivity contribution < 1.29 is 4.74 Å². The molecule has 0 bridgehead atoms. The lowest BCUT2D eigenvalue weighted by atomic mass is 10.1. The molecule has 0 saturated heterocycles. The fourth-order valence-corrected chi connectivity index (χ4v) is 0.960. The van der Waals surface area contributed by atoms with E-state index in [0.29, 0.717) is 0 Å². The molecule has 2 rings (SSSR count). The van der Waals surface area contributed by atoms with Crippen molar-refractivity contribution in [2.24, 2.45) is 0 Å². The Morgan fingerprint density at radius 2 is 2.50 bits per heavy atom. The van der Waals surface area contributed by atoms with E-state index in [0.717, 1.165) is 12.2 Å². The van der Waals surface area contributed by atoms with E-state index in [9.17, 15) is 0 Å². The average Bonchev–Trinajstić information content (AvgIpc) is 2.05. The molecule has 1 heteroatoms. The summed E-state index contributed by atoms with van der Waals surface area (Å²) in [6.07, 6.45) is 5.42. The number of fused-ring (bicyclic) bond motifs is 1. The minimum Gasteiger partial charge on any atom is -0.464 e. The average molecular weight is 130 g/mol. The molecule has 0 amide bonds. The number of benzene rings is 1. The van der Waals surface area contributed by atoms with Crippen LogP contribution in [0.25, 0.3) is 0 Å². The zero-order valence-electron chi connectivity index (χ0n) is 5.42. The van der Waals surface area contributed by atoms with Crippen molar-refractivity contribution >= 4 is 0 Å². The first-order valence-corrected chi connectivity index (χ1v) is 3.17. The molecule has 1 aliphatic rings. The van der Waals surface area contributed by atoms with Gasteiger partial charge in [0.25, 0.3) is 0 Å². The molecule has 0 unspecified atom stereocenters. The van der Waals surface area contributed by atoms with Gasteiger partial charge >= 0.3 is 0 Å². The minimum atomic E-state index is 0.851. The summed E-state index contributed by atoms with van der Waals surface area (Å²) in [4.78, 5) is 0. The first-order chi connectivity index (χ1) is 4.97. The number of allylic oxidation sites excluding steroid dienone is 1. The van der Waals surface area contributed by atoms with Crippen molar-refractivity contribution in [3.8, 4) is 5.75 Å². The molecule has 10 heavy (non-hydrogen) atoms. The second-order valence-electron chi connectivity index (χ2n) is 2.15. The van der Waals surface area contributed by atoms with Gasteiger partial charge in [-0.25, -0.2) is 0 Å². The van der Waals surface area contributed by atoms with Crippen LogP contribution >= 0.6 is 0 Å². The first-order valence-electron chi connectivity index (χ1n) is 3.17. The largest absolute Gasteiger partial charge is 0.464 e. The van der Waals surface area contributed by atoms with Gasteiger partial charge in [-0.1, -0.05) is 12.1 Å². The summed E-state index contributed by atoms with van der Waals surface area (Å²) < 4.78 is 5.16. The van der Waals surface area contributed by atoms with Crippen LogP contribution in [0.2, 0.25) is 0 Å². The van der Waals surface area contributed by atoms with Gasteiger partial charge in [0, 0.05) is 6.42 Å². The number of ether oxygens (including phenoxy) is 1. The summed E-state index contributed by atoms with van der Waals surface area (Å²) in [6, 6.07) is 8.67. The first kappa shape index (κ1) is 5.54. The molecule has 0 N–H and O–H groups in total. The quantitative estimate of drug-likeness (QED) is 0.519. The lowest BCUT2D eigenvalue weighted by Gasteiger charge is -2.08. The summed E-state index contributed by atoms with van der Waals surface area (Å²) in [5.74, 6) is 0.904. The fourth-order valence-electron chi connectivity index (χ4n) is 0.960. The van der Waals surface area contributed by atoms with Gasteiger partial charge in [-0.05, 0) is 23.8 Å². The second-order valence-corrected chi connectivity index (χ2v) is 2.15. The van der Waals surface area contributed by atoms with Crippen LogP contribution in [-0.4, -0.2) is 0 Å². The van der Waals surface area contributed by atoms with Crippen LogP contribution in [0.1, 0.15) is 5.56 Å². The monoisotopic (exact) mass is 130 g/mol. The van der Waals surface area contributed by atoms with Gasteiger partial charge in [-0.2, -0.15) is 0 Å². The highest BCUT2D eigenvalue weighted by Gasteiger charge is 2.03. The summed E-state index contributed by atoms with van der Waals surface area (Å²) in [5.41, 5.74) is 1.18. The molecule has 1 aromatic carbocycles. The third-order valence-electron chi connectivity index (χ3n) is 1.47. The van der Waals surface area contributed by atoms with E-state index < -0.39 is 0 Å². The van der Waals surface area contributed by atoms with E-state index in [-0.39, 0.29) is 0 Å². The van der Waals surface area contributed by atoms with Gasteiger partial charge in [0.15, 0.2) is 0 Å². The summed E-state index contributed by atoms with van der Waals surface area (Å²) >= 11 is 0. The third-order valence-corrected chi connectivity index (χ3v) is 1.47. The van der Waals surface area contributed by atoms with Gasteiger partial charge in [0.2, 0.25) is 0 Å². The van der Waals surface area contributed by atoms with Gasteiger partial charge in [0.05, 0.1) is 6.26 Å². The summed E-state index contributed by atoms with van der Waals surface area (Å²) in [5, 5.41) is 0. The van der Waals surface area contributed by atoms with Gasteiger partial charge in [-0.3, -0.25) is 0 Å². The van der Waals surface area contributed by atoms with E-state index in [2.05, 4.69) is 12.1 Å². The van der Waals surface area contributed by atoms with E-state index in [1.807, 2.05) is 18.2 Å². The van der Waals surface area contributed by atoms with Crippen molar-refractivity contribution in [2.45, 2.75) is 6.42 Å². The Balaban J connectivity index is 2.47. The predicted octanol–water partition coefficient (Wildman–Crippen LogP) is 1.74. The topological polar surface area (TPSA) is 9.23 Å². The molecule has 2 radical (unpaired) electrons. The maximum absolute atomic E-state index is 5.16. The van der Waals surface area contributed by atoms with Gasteiger partial charge in [0.1, 0.15) is 5.75 Å². The van der Waals surface area contributed by atoms with Crippen LogP contribution in [0.4, 0.5) is 0 Å². The zero-order valence-corrected chi connectivity index (χ0v) is 5.42. The number of rotatable bonds is 0. The molecule has 1 nitrogen and oxygen atoms in total. The third kappa shape index (κ3) is 0.798. The van der Waals surface area contributed by atoms with E-state index in [4.69, 9.17) is 4.74 Å². The van der Waals surface area contributed by atoms with Gasteiger partial charge < -0.3 is 4.74 Å². The minimum absolute atomic E-state index is 0.851. The molecular weight excluding hydrogens is 124 g/mol. The Hall–Kier alpha value is -1.24. The summed E-state index contributed by atoms with van der Waals surface area (Å²) in [6.45, 7) is 0. The van der Waals surface area contributed by atoms with Crippen molar-refractivity contribution in [1.29, 1.82) is 0 Å². The molecule has 1 aliphatic heterocycles. The van der Waals surface area contributed by atoms with E-state index >= 15 is 0 Å². The number of hydrogen-bond donors (Lipinski definition) is 0. The van der Waals surface area contributed by atoms with Crippen LogP contribution in [0.3, 0.4) is 0 Å². The number of hydrogen-bond acceptors (Lipinski definition) is 1. The van der Waals surface area contributed by atoms with Crippen molar-refractivity contribution in [1.82, 2.24) is 0 Å². The smallest absolute Gasteiger partial charge is 0.130 e. The highest BCUT2D eigenvalue weighted by atomic mass is 16.5. The molecule has 0 spiro atoms. The predicted molar refractivity (Wildman–Crippen MR) is 37.4 cm³/mol. The Bertz CT molecular complexity index is 236. The fraction of sp³-hybridized carbons (Fsp3) is 0.111. The van der Waals surface area contributed by atoms with Crippen LogP contribution in [0.15, 0.2) is 24.5 Å². The van der Waals surface area contributed by atoms with Crippen molar-refractivity contribution in [3.63, 3.8) is 0 Å². The molecule has 0 fully saturated rings. The Kier molecular flexibility index (Phi) is 1.21. The maximum atomic E-state index is 5.16. The van der Waals surface area contributed by atoms with Crippen molar-refractivity contribution in [3.05, 3.63) is 42.2 Å². The molecule has 0 atom stereocenters. The molecule has 1 heterocycles. The standard InChI is InChI=1S/C9H6O/c1-2-6-9-8(4-1)5-3-7-10-9/h1,4,6-7H,5H2. The van der Waals surface area contributed by atoms with Crippen LogP contribution in [0.5, 0.6) is 5.75 Å². The summed E-state index contributed by atoms with van der Waals surface area (Å²) in [7, 11) is 0. The molecule has 1 aromatic rings. The van der Waals surface area contributed by atoms with E-state index in [1.54, 1.807) is 6.26 Å². The normalized spacial score (nSPS) is 14.0.